The first-order valence-electron chi connectivity index (χ1n) is 8.81. The average molecular weight is 338 g/mol. The van der Waals surface area contributed by atoms with E-state index in [0.29, 0.717) is 18.3 Å². The highest BCUT2D eigenvalue weighted by Crippen LogP contribution is 2.23. The van der Waals surface area contributed by atoms with E-state index in [1.54, 1.807) is 6.20 Å². The second-order valence-electron chi connectivity index (χ2n) is 6.90. The van der Waals surface area contributed by atoms with E-state index in [2.05, 4.69) is 44.4 Å². The Morgan fingerprint density at radius 2 is 2.08 bits per heavy atom. The number of para-hydroxylation sites is 1. The zero-order chi connectivity index (χ0) is 17.6. The van der Waals surface area contributed by atoms with Crippen LogP contribution in [-0.2, 0) is 4.79 Å². The average Bonchev–Trinajstić information content (AvgIpc) is 3.06. The predicted octanol–water partition coefficient (Wildman–Crippen LogP) is 2.79. The number of hydrogen-bond donors (Lipinski definition) is 1. The molecule has 1 aliphatic heterocycles. The van der Waals surface area contributed by atoms with Crippen LogP contribution < -0.4 is 10.2 Å². The Bertz CT molecular complexity index is 687. The SMILES string of the molecule is Cc1ccc(NC(=O)CN(C)CC2CCN(c3ccccc3)C2)nc1. The summed E-state index contributed by atoms with van der Waals surface area (Å²) >= 11 is 0. The normalized spacial score (nSPS) is 17.1. The first kappa shape index (κ1) is 17.4. The minimum Gasteiger partial charge on any atom is -0.371 e. The fourth-order valence-electron chi connectivity index (χ4n) is 3.33. The second-order valence-corrected chi connectivity index (χ2v) is 6.90. The van der Waals surface area contributed by atoms with Gasteiger partial charge in [-0.2, -0.15) is 0 Å². The molecule has 0 saturated carbocycles. The van der Waals surface area contributed by atoms with Gasteiger partial charge in [-0.3, -0.25) is 9.69 Å². The molecule has 3 rings (SSSR count). The van der Waals surface area contributed by atoms with Crippen molar-refractivity contribution in [1.82, 2.24) is 9.88 Å². The van der Waals surface area contributed by atoms with E-state index in [1.165, 1.54) is 12.1 Å². The minimum absolute atomic E-state index is 0.0169. The molecule has 2 aromatic rings. The van der Waals surface area contributed by atoms with Gasteiger partial charge in [-0.05, 0) is 50.1 Å². The van der Waals surface area contributed by atoms with Crippen molar-refractivity contribution in [2.24, 2.45) is 5.92 Å². The number of hydrogen-bond acceptors (Lipinski definition) is 4. The number of carbonyl (C=O) groups excluding carboxylic acids is 1. The molecule has 1 unspecified atom stereocenters. The van der Waals surface area contributed by atoms with Gasteiger partial charge in [0.2, 0.25) is 5.91 Å². The summed E-state index contributed by atoms with van der Waals surface area (Å²) in [5.74, 6) is 1.19. The smallest absolute Gasteiger partial charge is 0.239 e. The molecule has 1 aromatic carbocycles. The van der Waals surface area contributed by atoms with E-state index in [-0.39, 0.29) is 5.91 Å². The molecule has 1 N–H and O–H groups in total. The van der Waals surface area contributed by atoms with E-state index in [9.17, 15) is 4.79 Å². The van der Waals surface area contributed by atoms with Gasteiger partial charge in [0.05, 0.1) is 6.54 Å². The van der Waals surface area contributed by atoms with Gasteiger partial charge < -0.3 is 10.2 Å². The molecule has 1 aliphatic rings. The topological polar surface area (TPSA) is 48.5 Å². The maximum absolute atomic E-state index is 12.2. The van der Waals surface area contributed by atoms with Gasteiger partial charge in [-0.25, -0.2) is 4.98 Å². The Morgan fingerprint density at radius 3 is 2.80 bits per heavy atom. The van der Waals surface area contributed by atoms with Crippen LogP contribution in [0.25, 0.3) is 0 Å². The number of amides is 1. The third-order valence-corrected chi connectivity index (χ3v) is 4.57. The van der Waals surface area contributed by atoms with Crippen molar-refractivity contribution in [3.63, 3.8) is 0 Å². The van der Waals surface area contributed by atoms with Gasteiger partial charge >= 0.3 is 0 Å². The van der Waals surface area contributed by atoms with Crippen molar-refractivity contribution in [1.29, 1.82) is 0 Å². The number of nitrogens with one attached hydrogen (secondary N) is 1. The van der Waals surface area contributed by atoms with Crippen LogP contribution in [0.3, 0.4) is 0 Å². The van der Waals surface area contributed by atoms with Crippen molar-refractivity contribution < 1.29 is 4.79 Å². The second kappa shape index (κ2) is 8.12. The first-order valence-corrected chi connectivity index (χ1v) is 8.81. The van der Waals surface area contributed by atoms with Crippen molar-refractivity contribution >= 4 is 17.4 Å². The van der Waals surface area contributed by atoms with Gasteiger partial charge in [0.15, 0.2) is 0 Å². The Kier molecular flexibility index (Phi) is 5.66. The van der Waals surface area contributed by atoms with Crippen LogP contribution >= 0.6 is 0 Å². The Labute approximate surface area is 149 Å². The van der Waals surface area contributed by atoms with Crippen LogP contribution in [-0.4, -0.2) is 49.0 Å². The number of benzene rings is 1. The third-order valence-electron chi connectivity index (χ3n) is 4.57. The first-order chi connectivity index (χ1) is 12.1. The van der Waals surface area contributed by atoms with Crippen molar-refractivity contribution in [3.8, 4) is 0 Å². The lowest BCUT2D eigenvalue weighted by Gasteiger charge is -2.22. The highest BCUT2D eigenvalue weighted by atomic mass is 16.2. The quantitative estimate of drug-likeness (QED) is 0.880. The summed E-state index contributed by atoms with van der Waals surface area (Å²) in [6.45, 7) is 5.43. The molecule has 132 valence electrons. The lowest BCUT2D eigenvalue weighted by atomic mass is 10.1. The number of nitrogens with zero attached hydrogens (tertiary/aromatic N) is 3. The van der Waals surface area contributed by atoms with Gasteiger partial charge in [0.25, 0.3) is 0 Å². The Balaban J connectivity index is 1.44. The summed E-state index contributed by atoms with van der Waals surface area (Å²) in [6, 6.07) is 14.3. The molecule has 25 heavy (non-hydrogen) atoms. The van der Waals surface area contributed by atoms with Gasteiger partial charge in [0, 0.05) is 31.5 Å². The van der Waals surface area contributed by atoms with E-state index in [1.807, 2.05) is 32.2 Å². The van der Waals surface area contributed by atoms with E-state index >= 15 is 0 Å². The summed E-state index contributed by atoms with van der Waals surface area (Å²) in [6.07, 6.45) is 2.93. The molecule has 5 heteroatoms. The van der Waals surface area contributed by atoms with Crippen LogP contribution in [0.4, 0.5) is 11.5 Å². The third kappa shape index (κ3) is 5.03. The molecule has 0 radical (unpaired) electrons. The number of anilines is 2. The summed E-state index contributed by atoms with van der Waals surface area (Å²) in [5.41, 5.74) is 2.37. The lowest BCUT2D eigenvalue weighted by Crippen LogP contribution is -2.34. The van der Waals surface area contributed by atoms with E-state index < -0.39 is 0 Å². The summed E-state index contributed by atoms with van der Waals surface area (Å²) in [5, 5.41) is 2.86. The molecule has 1 fully saturated rings. The van der Waals surface area contributed by atoms with Crippen molar-refractivity contribution in [3.05, 3.63) is 54.2 Å². The largest absolute Gasteiger partial charge is 0.371 e. The molecule has 0 aliphatic carbocycles. The molecule has 1 atom stereocenters. The van der Waals surface area contributed by atoms with Crippen molar-refractivity contribution in [2.45, 2.75) is 13.3 Å². The maximum atomic E-state index is 12.2. The van der Waals surface area contributed by atoms with Gasteiger partial charge in [-0.1, -0.05) is 24.3 Å². The number of aryl methyl sites for hydroxylation is 1. The fraction of sp³-hybridized carbons (Fsp3) is 0.400. The van der Waals surface area contributed by atoms with Gasteiger partial charge in [-0.15, -0.1) is 0 Å². The maximum Gasteiger partial charge on any atom is 0.239 e. The van der Waals surface area contributed by atoms with Crippen LogP contribution in [0.1, 0.15) is 12.0 Å². The number of rotatable bonds is 6. The molecule has 1 aromatic heterocycles. The Hall–Kier alpha value is -2.40. The highest BCUT2D eigenvalue weighted by Gasteiger charge is 2.24. The molecule has 0 bridgehead atoms. The molecule has 1 saturated heterocycles. The van der Waals surface area contributed by atoms with E-state index in [4.69, 9.17) is 0 Å². The molecular formula is C20H26N4O. The number of aromatic nitrogens is 1. The standard InChI is InChI=1S/C20H26N4O/c1-16-8-9-19(21-12-16)22-20(25)15-23(2)13-17-10-11-24(14-17)18-6-4-3-5-7-18/h3-9,12,17H,10-11,13-15H2,1-2H3,(H,21,22,25). The number of likely N-dealkylation sites (N-methyl/N-ethyl adjacent to an activating group) is 1. The van der Waals surface area contributed by atoms with Crippen LogP contribution in [0.5, 0.6) is 0 Å². The molecule has 5 nitrogen and oxygen atoms in total. The molecular weight excluding hydrogens is 312 g/mol. The highest BCUT2D eigenvalue weighted by molar-refractivity contribution is 5.91. The van der Waals surface area contributed by atoms with E-state index in [0.717, 1.165) is 25.2 Å². The van der Waals surface area contributed by atoms with Crippen LogP contribution in [0, 0.1) is 12.8 Å². The molecule has 2 heterocycles. The zero-order valence-corrected chi connectivity index (χ0v) is 15.0. The molecule has 1 amide bonds. The summed E-state index contributed by atoms with van der Waals surface area (Å²) in [4.78, 5) is 20.9. The summed E-state index contributed by atoms with van der Waals surface area (Å²) in [7, 11) is 2.01. The van der Waals surface area contributed by atoms with Crippen LogP contribution in [0.15, 0.2) is 48.7 Å². The number of carbonyl (C=O) groups is 1. The summed E-state index contributed by atoms with van der Waals surface area (Å²) < 4.78 is 0. The minimum atomic E-state index is -0.0169. The predicted molar refractivity (Wildman–Crippen MR) is 102 cm³/mol. The van der Waals surface area contributed by atoms with Gasteiger partial charge in [0.1, 0.15) is 5.82 Å². The zero-order valence-electron chi connectivity index (χ0n) is 15.0. The monoisotopic (exact) mass is 338 g/mol. The fourth-order valence-corrected chi connectivity index (χ4v) is 3.33. The number of pyridine rings is 1. The lowest BCUT2D eigenvalue weighted by molar-refractivity contribution is -0.117. The molecule has 0 spiro atoms. The van der Waals surface area contributed by atoms with Crippen molar-refractivity contribution in [2.75, 3.05) is 43.4 Å². The Morgan fingerprint density at radius 1 is 1.28 bits per heavy atom. The van der Waals surface area contributed by atoms with Crippen LogP contribution in [0.2, 0.25) is 0 Å².